The van der Waals surface area contributed by atoms with Crippen molar-refractivity contribution in [2.24, 2.45) is 0 Å². The Labute approximate surface area is 151 Å². The van der Waals surface area contributed by atoms with E-state index in [0.29, 0.717) is 23.4 Å². The van der Waals surface area contributed by atoms with Gasteiger partial charge < -0.3 is 5.32 Å². The first-order valence-corrected chi connectivity index (χ1v) is 8.41. The summed E-state index contributed by atoms with van der Waals surface area (Å²) in [7, 11) is 0. The number of hydrogen-bond donors (Lipinski definition) is 1. The number of nitrogens with one attached hydrogen (secondary N) is 1. The van der Waals surface area contributed by atoms with Crippen LogP contribution >= 0.6 is 0 Å². The smallest absolute Gasteiger partial charge is 0.261 e. The van der Waals surface area contributed by atoms with E-state index in [9.17, 15) is 9.59 Å². The van der Waals surface area contributed by atoms with Crippen LogP contribution in [0.5, 0.6) is 0 Å². The first-order valence-electron chi connectivity index (χ1n) is 8.41. The van der Waals surface area contributed by atoms with Gasteiger partial charge in [-0.15, -0.1) is 0 Å². The maximum atomic E-state index is 12.5. The second-order valence-electron chi connectivity index (χ2n) is 6.08. The molecule has 0 bridgehead atoms. The number of amides is 2. The van der Waals surface area contributed by atoms with Gasteiger partial charge in [-0.25, -0.2) is 0 Å². The van der Waals surface area contributed by atoms with E-state index in [0.717, 1.165) is 11.4 Å². The zero-order valence-electron chi connectivity index (χ0n) is 14.1. The molecule has 1 aliphatic heterocycles. The summed E-state index contributed by atoms with van der Waals surface area (Å²) in [5.74, 6) is -0.527. The van der Waals surface area contributed by atoms with E-state index in [1.807, 2.05) is 48.5 Å². The Morgan fingerprint density at radius 2 is 1.35 bits per heavy atom. The van der Waals surface area contributed by atoms with Crippen molar-refractivity contribution in [3.8, 4) is 0 Å². The van der Waals surface area contributed by atoms with Crippen molar-refractivity contribution in [1.29, 1.82) is 0 Å². The zero-order chi connectivity index (χ0) is 17.9. The summed E-state index contributed by atoms with van der Waals surface area (Å²) in [5, 5.41) is 3.30. The number of pyridine rings is 1. The summed E-state index contributed by atoms with van der Waals surface area (Å²) >= 11 is 0. The molecule has 2 heterocycles. The van der Waals surface area contributed by atoms with E-state index in [1.165, 1.54) is 4.90 Å². The topological polar surface area (TPSA) is 62.3 Å². The number of nitrogens with zero attached hydrogens (tertiary/aromatic N) is 2. The summed E-state index contributed by atoms with van der Waals surface area (Å²) in [6.07, 6.45) is 0. The van der Waals surface area contributed by atoms with Gasteiger partial charge in [0.15, 0.2) is 0 Å². The molecule has 0 aliphatic carbocycles. The van der Waals surface area contributed by atoms with Gasteiger partial charge in [-0.2, -0.15) is 0 Å². The van der Waals surface area contributed by atoms with Crippen LogP contribution in [-0.2, 0) is 13.1 Å². The number of hydrogen-bond acceptors (Lipinski definition) is 4. The molecule has 0 saturated heterocycles. The number of para-hydroxylation sites is 1. The third-order valence-electron chi connectivity index (χ3n) is 4.31. The van der Waals surface area contributed by atoms with Crippen LogP contribution < -0.4 is 5.32 Å². The van der Waals surface area contributed by atoms with Crippen molar-refractivity contribution in [3.05, 3.63) is 95.3 Å². The van der Waals surface area contributed by atoms with Crippen LogP contribution in [-0.4, -0.2) is 21.7 Å². The molecule has 2 aromatic carbocycles. The van der Waals surface area contributed by atoms with Crippen molar-refractivity contribution in [3.63, 3.8) is 0 Å². The van der Waals surface area contributed by atoms with Gasteiger partial charge in [-0.05, 0) is 36.4 Å². The van der Waals surface area contributed by atoms with Gasteiger partial charge >= 0.3 is 0 Å². The minimum Gasteiger partial charge on any atom is -0.379 e. The minimum absolute atomic E-state index is 0.172. The summed E-state index contributed by atoms with van der Waals surface area (Å²) in [6.45, 7) is 0.742. The second-order valence-corrected chi connectivity index (χ2v) is 6.08. The monoisotopic (exact) mass is 343 g/mol. The number of carbonyl (C=O) groups excluding carboxylic acids is 2. The van der Waals surface area contributed by atoms with Crippen molar-refractivity contribution in [2.75, 3.05) is 5.32 Å². The molecular weight excluding hydrogens is 326 g/mol. The highest BCUT2D eigenvalue weighted by Crippen LogP contribution is 2.23. The molecule has 0 saturated carbocycles. The molecule has 0 atom stereocenters. The number of rotatable bonds is 5. The predicted molar refractivity (Wildman–Crippen MR) is 98.7 cm³/mol. The first-order chi connectivity index (χ1) is 12.7. The Kier molecular flexibility index (Phi) is 4.19. The minimum atomic E-state index is -0.264. The van der Waals surface area contributed by atoms with Crippen LogP contribution in [0.2, 0.25) is 0 Å². The lowest BCUT2D eigenvalue weighted by Gasteiger charge is -2.14. The van der Waals surface area contributed by atoms with Crippen molar-refractivity contribution < 1.29 is 9.59 Å². The maximum absolute atomic E-state index is 12.5. The quantitative estimate of drug-likeness (QED) is 0.721. The molecule has 1 aliphatic rings. The van der Waals surface area contributed by atoms with Crippen molar-refractivity contribution >= 4 is 17.5 Å². The molecule has 5 nitrogen and oxygen atoms in total. The van der Waals surface area contributed by atoms with E-state index in [4.69, 9.17) is 0 Å². The maximum Gasteiger partial charge on any atom is 0.261 e. The molecule has 1 N–H and O–H groups in total. The summed E-state index contributed by atoms with van der Waals surface area (Å²) in [4.78, 5) is 30.8. The number of imide groups is 1. The Morgan fingerprint density at radius 1 is 0.731 bits per heavy atom. The SMILES string of the molecule is O=C1c2ccccc2C(=O)N1Cc1cccc(CNc2ccccc2)n1. The molecule has 26 heavy (non-hydrogen) atoms. The van der Waals surface area contributed by atoms with E-state index in [2.05, 4.69) is 10.3 Å². The Bertz CT molecular complexity index is 935. The molecule has 5 heteroatoms. The number of fused-ring (bicyclic) bond motifs is 1. The third kappa shape index (κ3) is 3.07. The zero-order valence-corrected chi connectivity index (χ0v) is 14.1. The highest BCUT2D eigenvalue weighted by Gasteiger charge is 2.35. The molecule has 2 amide bonds. The summed E-state index contributed by atoms with van der Waals surface area (Å²) < 4.78 is 0. The standard InChI is InChI=1S/C21H17N3O2/c25-20-18-11-4-5-12-19(18)21(26)24(20)14-17-10-6-9-16(23-17)13-22-15-7-2-1-3-8-15/h1-12,22H,13-14H2. The fraction of sp³-hybridized carbons (Fsp3) is 0.0952. The van der Waals surface area contributed by atoms with Crippen molar-refractivity contribution in [2.45, 2.75) is 13.1 Å². The lowest BCUT2D eigenvalue weighted by Crippen LogP contribution is -2.29. The largest absolute Gasteiger partial charge is 0.379 e. The fourth-order valence-electron chi connectivity index (χ4n) is 3.01. The molecule has 1 aromatic heterocycles. The van der Waals surface area contributed by atoms with Crippen LogP contribution in [0.4, 0.5) is 5.69 Å². The molecule has 128 valence electrons. The van der Waals surface area contributed by atoms with Crippen LogP contribution in [0.15, 0.2) is 72.8 Å². The van der Waals surface area contributed by atoms with Gasteiger partial charge in [0, 0.05) is 5.69 Å². The summed E-state index contributed by atoms with van der Waals surface area (Å²) in [5.41, 5.74) is 3.47. The summed E-state index contributed by atoms with van der Waals surface area (Å²) in [6, 6.07) is 22.4. The van der Waals surface area contributed by atoms with Gasteiger partial charge in [-0.3, -0.25) is 19.5 Å². The highest BCUT2D eigenvalue weighted by atomic mass is 16.2. The number of benzene rings is 2. The molecule has 0 unspecified atom stereocenters. The lowest BCUT2D eigenvalue weighted by molar-refractivity contribution is 0.0640. The van der Waals surface area contributed by atoms with Crippen molar-refractivity contribution in [1.82, 2.24) is 9.88 Å². The van der Waals surface area contributed by atoms with E-state index >= 15 is 0 Å². The number of carbonyl (C=O) groups is 2. The van der Waals surface area contributed by atoms with Crippen LogP contribution in [0.3, 0.4) is 0 Å². The average molecular weight is 343 g/mol. The molecule has 0 spiro atoms. The molecular formula is C21H17N3O2. The highest BCUT2D eigenvalue weighted by molar-refractivity contribution is 6.21. The Morgan fingerprint density at radius 3 is 2.04 bits per heavy atom. The van der Waals surface area contributed by atoms with E-state index in [-0.39, 0.29) is 18.4 Å². The van der Waals surface area contributed by atoms with Gasteiger partial charge in [-0.1, -0.05) is 36.4 Å². The normalized spacial score (nSPS) is 13.0. The van der Waals surface area contributed by atoms with Crippen LogP contribution in [0.25, 0.3) is 0 Å². The second kappa shape index (κ2) is 6.80. The predicted octanol–water partition coefficient (Wildman–Crippen LogP) is 3.49. The van der Waals surface area contributed by atoms with Crippen LogP contribution in [0, 0.1) is 0 Å². The molecule has 0 radical (unpaired) electrons. The fourth-order valence-corrected chi connectivity index (χ4v) is 3.01. The molecule has 3 aromatic rings. The lowest BCUT2D eigenvalue weighted by atomic mass is 10.1. The average Bonchev–Trinajstić information content (AvgIpc) is 2.93. The Balaban J connectivity index is 1.48. The van der Waals surface area contributed by atoms with Gasteiger partial charge in [0.2, 0.25) is 0 Å². The van der Waals surface area contributed by atoms with Gasteiger partial charge in [0.25, 0.3) is 11.8 Å². The van der Waals surface area contributed by atoms with E-state index < -0.39 is 0 Å². The number of anilines is 1. The first kappa shape index (κ1) is 16.0. The molecule has 0 fully saturated rings. The number of aromatic nitrogens is 1. The van der Waals surface area contributed by atoms with Gasteiger partial charge in [0.05, 0.1) is 35.6 Å². The van der Waals surface area contributed by atoms with Crippen LogP contribution in [0.1, 0.15) is 32.1 Å². The third-order valence-corrected chi connectivity index (χ3v) is 4.31. The Hall–Kier alpha value is -3.47. The van der Waals surface area contributed by atoms with Gasteiger partial charge in [0.1, 0.15) is 0 Å². The molecule has 4 rings (SSSR count). The van der Waals surface area contributed by atoms with E-state index in [1.54, 1.807) is 24.3 Å².